The van der Waals surface area contributed by atoms with E-state index in [1.807, 2.05) is 25.1 Å². The van der Waals surface area contributed by atoms with E-state index in [0.29, 0.717) is 31.5 Å². The van der Waals surface area contributed by atoms with Crippen LogP contribution in [0.4, 0.5) is 4.39 Å². The minimum Gasteiger partial charge on any atom is -0.478 e. The molecular weight excluding hydrogens is 363 g/mol. The highest BCUT2D eigenvalue weighted by Crippen LogP contribution is 2.18. The van der Waals surface area contributed by atoms with Crippen LogP contribution in [0.1, 0.15) is 49.5 Å². The average Bonchev–Trinajstić information content (AvgIpc) is 2.68. The molecule has 2 N–H and O–H groups in total. The third-order valence-corrected chi connectivity index (χ3v) is 4.95. The van der Waals surface area contributed by atoms with Crippen molar-refractivity contribution in [3.8, 4) is 0 Å². The van der Waals surface area contributed by atoms with Crippen LogP contribution in [-0.4, -0.2) is 46.9 Å². The summed E-state index contributed by atoms with van der Waals surface area (Å²) in [5.41, 5.74) is 1.17. The maximum atomic E-state index is 14.1. The Morgan fingerprint density at radius 2 is 1.75 bits per heavy atom. The van der Waals surface area contributed by atoms with E-state index in [9.17, 15) is 18.8 Å². The van der Waals surface area contributed by atoms with Crippen molar-refractivity contribution in [2.24, 2.45) is 0 Å². The number of aromatic carboxylic acids is 1. The highest BCUT2D eigenvalue weighted by Gasteiger charge is 2.27. The Hall–Kier alpha value is -3.22. The summed E-state index contributed by atoms with van der Waals surface area (Å²) >= 11 is 0. The van der Waals surface area contributed by atoms with E-state index in [-0.39, 0.29) is 23.1 Å². The van der Waals surface area contributed by atoms with Crippen LogP contribution in [0, 0.1) is 12.7 Å². The highest BCUT2D eigenvalue weighted by molar-refractivity contribution is 5.97. The lowest BCUT2D eigenvalue weighted by Gasteiger charge is -2.32. The van der Waals surface area contributed by atoms with Crippen LogP contribution < -0.4 is 5.32 Å². The number of nitrogens with one attached hydrogen (secondary N) is 1. The second-order valence-corrected chi connectivity index (χ2v) is 6.85. The Morgan fingerprint density at radius 1 is 1.07 bits per heavy atom. The number of carboxylic acids is 1. The molecular formula is C21H21FN2O4. The third-order valence-electron chi connectivity index (χ3n) is 4.95. The first-order chi connectivity index (χ1) is 13.4. The lowest BCUT2D eigenvalue weighted by molar-refractivity contribution is 0.0677. The number of hydrogen-bond acceptors (Lipinski definition) is 3. The molecule has 6 nitrogen and oxygen atoms in total. The molecule has 0 spiro atoms. The number of amides is 2. The Morgan fingerprint density at radius 3 is 2.36 bits per heavy atom. The summed E-state index contributed by atoms with van der Waals surface area (Å²) in [7, 11) is 0. The van der Waals surface area contributed by atoms with E-state index in [0.717, 1.165) is 11.6 Å². The van der Waals surface area contributed by atoms with Gasteiger partial charge in [0.25, 0.3) is 11.8 Å². The summed E-state index contributed by atoms with van der Waals surface area (Å²) < 4.78 is 14.1. The van der Waals surface area contributed by atoms with Gasteiger partial charge in [0.15, 0.2) is 0 Å². The molecule has 146 valence electrons. The number of nitrogens with zero attached hydrogens (tertiary/aromatic N) is 1. The van der Waals surface area contributed by atoms with Crippen molar-refractivity contribution in [2.75, 3.05) is 13.1 Å². The van der Waals surface area contributed by atoms with Crippen LogP contribution in [0.5, 0.6) is 0 Å². The minimum absolute atomic E-state index is 0.0598. The molecule has 1 aliphatic heterocycles. The molecule has 0 atom stereocenters. The van der Waals surface area contributed by atoms with E-state index in [2.05, 4.69) is 5.32 Å². The van der Waals surface area contributed by atoms with Crippen molar-refractivity contribution in [1.82, 2.24) is 10.2 Å². The van der Waals surface area contributed by atoms with Crippen LogP contribution in [0.2, 0.25) is 0 Å². The summed E-state index contributed by atoms with van der Waals surface area (Å²) in [6, 6.07) is 10.5. The zero-order chi connectivity index (χ0) is 20.3. The molecule has 0 saturated carbocycles. The fourth-order valence-electron chi connectivity index (χ4n) is 3.31. The van der Waals surface area contributed by atoms with Crippen LogP contribution in [0.15, 0.2) is 42.5 Å². The van der Waals surface area contributed by atoms with Gasteiger partial charge in [-0.3, -0.25) is 9.59 Å². The van der Waals surface area contributed by atoms with Gasteiger partial charge in [-0.15, -0.1) is 0 Å². The maximum Gasteiger partial charge on any atom is 0.335 e. The van der Waals surface area contributed by atoms with Gasteiger partial charge in [0.1, 0.15) is 5.82 Å². The smallest absolute Gasteiger partial charge is 0.335 e. The molecule has 2 amide bonds. The van der Waals surface area contributed by atoms with E-state index < -0.39 is 17.7 Å². The van der Waals surface area contributed by atoms with Gasteiger partial charge in [0.2, 0.25) is 0 Å². The Labute approximate surface area is 162 Å². The molecule has 0 unspecified atom stereocenters. The number of aryl methyl sites for hydroxylation is 1. The zero-order valence-electron chi connectivity index (χ0n) is 15.4. The number of benzene rings is 2. The van der Waals surface area contributed by atoms with Crippen LogP contribution in [-0.2, 0) is 0 Å². The predicted molar refractivity (Wildman–Crippen MR) is 101 cm³/mol. The zero-order valence-corrected chi connectivity index (χ0v) is 15.4. The molecule has 2 aromatic carbocycles. The normalized spacial score (nSPS) is 14.6. The Kier molecular flexibility index (Phi) is 5.73. The second-order valence-electron chi connectivity index (χ2n) is 6.85. The molecule has 0 aliphatic carbocycles. The monoisotopic (exact) mass is 384 g/mol. The molecule has 2 aromatic rings. The molecule has 3 rings (SSSR count). The summed E-state index contributed by atoms with van der Waals surface area (Å²) in [6.07, 6.45) is 1.14. The van der Waals surface area contributed by atoms with Crippen molar-refractivity contribution in [2.45, 2.75) is 25.8 Å². The minimum atomic E-state index is -1.25. The van der Waals surface area contributed by atoms with Crippen molar-refractivity contribution >= 4 is 17.8 Å². The van der Waals surface area contributed by atoms with Gasteiger partial charge in [-0.2, -0.15) is 0 Å². The average molecular weight is 384 g/mol. The molecule has 0 radical (unpaired) electrons. The number of carbonyl (C=O) groups is 3. The highest BCUT2D eigenvalue weighted by atomic mass is 19.1. The van der Waals surface area contributed by atoms with E-state index in [1.54, 1.807) is 6.07 Å². The molecule has 7 heteroatoms. The van der Waals surface area contributed by atoms with Gasteiger partial charge < -0.3 is 15.3 Å². The molecule has 1 heterocycles. The van der Waals surface area contributed by atoms with Crippen molar-refractivity contribution < 1.29 is 23.9 Å². The third kappa shape index (κ3) is 4.19. The molecule has 1 aliphatic rings. The SMILES string of the molecule is Cc1ccccc1C(=O)NC1CCN(C(=O)c2ccc(C(=O)O)cc2F)CC1. The fourth-order valence-corrected chi connectivity index (χ4v) is 3.31. The molecule has 1 saturated heterocycles. The lowest BCUT2D eigenvalue weighted by Crippen LogP contribution is -2.46. The number of hydrogen-bond donors (Lipinski definition) is 2. The van der Waals surface area contributed by atoms with E-state index in [1.165, 1.54) is 17.0 Å². The van der Waals surface area contributed by atoms with Crippen LogP contribution in [0.25, 0.3) is 0 Å². The number of halogens is 1. The van der Waals surface area contributed by atoms with Crippen molar-refractivity contribution in [3.05, 3.63) is 70.5 Å². The van der Waals surface area contributed by atoms with Gasteiger partial charge in [0.05, 0.1) is 11.1 Å². The first-order valence-corrected chi connectivity index (χ1v) is 9.05. The van der Waals surface area contributed by atoms with E-state index >= 15 is 0 Å². The fraction of sp³-hybridized carbons (Fsp3) is 0.286. The summed E-state index contributed by atoms with van der Waals surface area (Å²) in [5.74, 6) is -2.71. The van der Waals surface area contributed by atoms with Crippen LogP contribution in [0.3, 0.4) is 0 Å². The first-order valence-electron chi connectivity index (χ1n) is 9.05. The second kappa shape index (κ2) is 8.21. The molecule has 1 fully saturated rings. The number of carboxylic acid groups (broad SMARTS) is 1. The summed E-state index contributed by atoms with van der Waals surface area (Å²) in [4.78, 5) is 37.4. The van der Waals surface area contributed by atoms with Gasteiger partial charge in [-0.05, 0) is 49.6 Å². The number of likely N-dealkylation sites (tertiary alicyclic amines) is 1. The Balaban J connectivity index is 1.59. The first kappa shape index (κ1) is 19.5. The molecule has 0 aromatic heterocycles. The van der Waals surface area contributed by atoms with Crippen LogP contribution >= 0.6 is 0 Å². The lowest BCUT2D eigenvalue weighted by atomic mass is 10.0. The van der Waals surface area contributed by atoms with Gasteiger partial charge >= 0.3 is 5.97 Å². The number of rotatable bonds is 4. The maximum absolute atomic E-state index is 14.1. The van der Waals surface area contributed by atoms with E-state index in [4.69, 9.17) is 5.11 Å². The topological polar surface area (TPSA) is 86.7 Å². The largest absolute Gasteiger partial charge is 0.478 e. The number of carbonyl (C=O) groups excluding carboxylic acids is 2. The Bertz CT molecular complexity index is 920. The standard InChI is InChI=1S/C21H21FN2O4/c1-13-4-2-3-5-16(13)19(25)23-15-8-10-24(11-9-15)20(26)17-7-6-14(21(27)28)12-18(17)22/h2-7,12,15H,8-11H2,1H3,(H,23,25)(H,27,28). The molecule has 0 bridgehead atoms. The van der Waals surface area contributed by atoms with Gasteiger partial charge in [0, 0.05) is 24.7 Å². The quantitative estimate of drug-likeness (QED) is 0.849. The summed E-state index contributed by atoms with van der Waals surface area (Å²) in [5, 5.41) is 11.9. The van der Waals surface area contributed by atoms with Gasteiger partial charge in [-0.25, -0.2) is 9.18 Å². The molecule has 28 heavy (non-hydrogen) atoms. The van der Waals surface area contributed by atoms with Gasteiger partial charge in [-0.1, -0.05) is 18.2 Å². The van der Waals surface area contributed by atoms with Crippen molar-refractivity contribution in [1.29, 1.82) is 0 Å². The predicted octanol–water partition coefficient (Wildman–Crippen LogP) is 2.87. The summed E-state index contributed by atoms with van der Waals surface area (Å²) in [6.45, 7) is 2.65. The van der Waals surface area contributed by atoms with Crippen molar-refractivity contribution in [3.63, 3.8) is 0 Å². The number of piperidine rings is 1.